The maximum Gasteiger partial charge on any atom is 0.337 e. The van der Waals surface area contributed by atoms with Crippen molar-refractivity contribution in [1.82, 2.24) is 5.32 Å². The van der Waals surface area contributed by atoms with Gasteiger partial charge in [0.25, 0.3) is 0 Å². The number of methoxy groups -OCH3 is 1. The van der Waals surface area contributed by atoms with Gasteiger partial charge in [-0.3, -0.25) is 4.90 Å². The minimum atomic E-state index is -0.597. The average Bonchev–Trinajstić information content (AvgIpc) is 2.60. The highest BCUT2D eigenvalue weighted by Crippen LogP contribution is 2.45. The van der Waals surface area contributed by atoms with Crippen LogP contribution in [0.3, 0.4) is 0 Å². The second-order valence-electron chi connectivity index (χ2n) is 6.90. The molecule has 0 saturated carbocycles. The van der Waals surface area contributed by atoms with Gasteiger partial charge in [0.15, 0.2) is 10.8 Å². The molecule has 2 aliphatic heterocycles. The number of carbonyl (C=O) groups excluding carboxylic acids is 1. The van der Waals surface area contributed by atoms with Crippen LogP contribution in [0.2, 0.25) is 0 Å². The first-order chi connectivity index (χ1) is 12.4. The van der Waals surface area contributed by atoms with Crippen molar-refractivity contribution in [1.29, 1.82) is 0 Å². The van der Waals surface area contributed by atoms with Gasteiger partial charge in [0.1, 0.15) is 5.75 Å². The largest absolute Gasteiger partial charge is 0.467 e. The molecule has 1 saturated heterocycles. The van der Waals surface area contributed by atoms with Gasteiger partial charge in [0.2, 0.25) is 0 Å². The molecule has 2 aromatic carbocycles. The zero-order valence-corrected chi connectivity index (χ0v) is 15.7. The van der Waals surface area contributed by atoms with Crippen LogP contribution in [-0.2, 0) is 4.74 Å². The van der Waals surface area contributed by atoms with Crippen LogP contribution in [0.4, 0.5) is 5.69 Å². The molecule has 0 aromatic heterocycles. The van der Waals surface area contributed by atoms with Gasteiger partial charge in [-0.05, 0) is 62.0 Å². The molecular formula is C20H20N2O3S. The van der Waals surface area contributed by atoms with Crippen LogP contribution in [0, 0.1) is 6.92 Å². The number of fused-ring (bicyclic) bond motifs is 4. The SMILES string of the molecule is COC(=O)c1ccc2c(c1)[C@@H]1C[C@@](C)(O2)N(c2cccc(C)c2)C(=S)N1. The second-order valence-corrected chi connectivity index (χ2v) is 7.29. The van der Waals surface area contributed by atoms with Gasteiger partial charge in [0, 0.05) is 17.7 Å². The number of nitrogens with one attached hydrogen (secondary N) is 1. The Morgan fingerprint density at radius 1 is 1.35 bits per heavy atom. The Morgan fingerprint density at radius 3 is 2.88 bits per heavy atom. The third-order valence-corrected chi connectivity index (χ3v) is 5.25. The number of nitrogens with zero attached hydrogens (tertiary/aromatic N) is 1. The molecule has 0 amide bonds. The Balaban J connectivity index is 1.76. The fourth-order valence-electron chi connectivity index (χ4n) is 3.78. The van der Waals surface area contributed by atoms with Crippen LogP contribution in [0.5, 0.6) is 5.75 Å². The molecule has 134 valence electrons. The van der Waals surface area contributed by atoms with Gasteiger partial charge in [-0.1, -0.05) is 12.1 Å². The Kier molecular flexibility index (Phi) is 3.88. The minimum Gasteiger partial charge on any atom is -0.467 e. The van der Waals surface area contributed by atoms with Gasteiger partial charge in [-0.25, -0.2) is 4.79 Å². The van der Waals surface area contributed by atoms with Crippen molar-refractivity contribution in [2.24, 2.45) is 0 Å². The number of esters is 1. The van der Waals surface area contributed by atoms with E-state index in [0.29, 0.717) is 17.1 Å². The molecule has 26 heavy (non-hydrogen) atoms. The Bertz CT molecular complexity index is 914. The van der Waals surface area contributed by atoms with E-state index >= 15 is 0 Å². The molecule has 2 heterocycles. The first-order valence-corrected chi connectivity index (χ1v) is 8.91. The highest BCUT2D eigenvalue weighted by molar-refractivity contribution is 7.80. The van der Waals surface area contributed by atoms with Crippen LogP contribution in [0.1, 0.15) is 40.9 Å². The van der Waals surface area contributed by atoms with E-state index in [1.807, 2.05) is 36.1 Å². The minimum absolute atomic E-state index is 0.0121. The third kappa shape index (κ3) is 2.61. The zero-order valence-electron chi connectivity index (χ0n) is 14.9. The number of aryl methyl sites for hydroxylation is 1. The monoisotopic (exact) mass is 368 g/mol. The molecule has 1 fully saturated rings. The molecule has 1 N–H and O–H groups in total. The van der Waals surface area contributed by atoms with E-state index in [4.69, 9.17) is 21.7 Å². The van der Waals surface area contributed by atoms with Crippen LogP contribution >= 0.6 is 12.2 Å². The maximum absolute atomic E-state index is 11.9. The first-order valence-electron chi connectivity index (χ1n) is 8.50. The number of carbonyl (C=O) groups is 1. The Labute approximate surface area is 157 Å². The van der Waals surface area contributed by atoms with E-state index in [9.17, 15) is 4.79 Å². The summed E-state index contributed by atoms with van der Waals surface area (Å²) in [6, 6.07) is 13.6. The van der Waals surface area contributed by atoms with E-state index in [1.54, 1.807) is 6.07 Å². The molecule has 5 nitrogen and oxygen atoms in total. The summed E-state index contributed by atoms with van der Waals surface area (Å²) in [7, 11) is 1.38. The zero-order chi connectivity index (χ0) is 18.5. The number of hydrogen-bond donors (Lipinski definition) is 1. The molecule has 6 heteroatoms. The molecule has 4 rings (SSSR count). The summed E-state index contributed by atoms with van der Waals surface area (Å²) >= 11 is 5.66. The fourth-order valence-corrected chi connectivity index (χ4v) is 4.22. The number of rotatable bonds is 2. The van der Waals surface area contributed by atoms with Crippen LogP contribution in [-0.4, -0.2) is 23.9 Å². The molecular weight excluding hydrogens is 348 g/mol. The number of benzene rings is 2. The average molecular weight is 368 g/mol. The van der Waals surface area contributed by atoms with Gasteiger partial charge in [-0.15, -0.1) is 0 Å². The molecule has 2 aromatic rings. The van der Waals surface area contributed by atoms with Crippen molar-refractivity contribution in [3.8, 4) is 5.75 Å². The lowest BCUT2D eigenvalue weighted by atomic mass is 9.89. The summed E-state index contributed by atoms with van der Waals surface area (Å²) in [4.78, 5) is 13.9. The van der Waals surface area contributed by atoms with E-state index in [0.717, 1.165) is 22.6 Å². The predicted octanol–water partition coefficient (Wildman–Crippen LogP) is 3.72. The van der Waals surface area contributed by atoms with E-state index in [1.165, 1.54) is 7.11 Å². The Hall–Kier alpha value is -2.60. The van der Waals surface area contributed by atoms with E-state index < -0.39 is 5.72 Å². The van der Waals surface area contributed by atoms with Crippen LogP contribution in [0.25, 0.3) is 0 Å². The number of hydrogen-bond acceptors (Lipinski definition) is 4. The molecule has 0 radical (unpaired) electrons. The van der Waals surface area contributed by atoms with Crippen molar-refractivity contribution in [3.63, 3.8) is 0 Å². The molecule has 2 aliphatic rings. The number of anilines is 1. The maximum atomic E-state index is 11.9. The Morgan fingerprint density at radius 2 is 2.15 bits per heavy atom. The molecule has 0 unspecified atom stereocenters. The van der Waals surface area contributed by atoms with Gasteiger partial charge in [0.05, 0.1) is 18.7 Å². The van der Waals surface area contributed by atoms with Crippen molar-refractivity contribution in [2.45, 2.75) is 32.0 Å². The summed E-state index contributed by atoms with van der Waals surface area (Å²) < 4.78 is 11.2. The third-order valence-electron chi connectivity index (χ3n) is 4.95. The summed E-state index contributed by atoms with van der Waals surface area (Å²) in [5, 5.41) is 4.02. The van der Waals surface area contributed by atoms with E-state index in [2.05, 4.69) is 24.4 Å². The van der Waals surface area contributed by atoms with Crippen molar-refractivity contribution in [3.05, 3.63) is 59.2 Å². The summed E-state index contributed by atoms with van der Waals surface area (Å²) in [5.41, 5.74) is 3.00. The molecule has 2 atom stereocenters. The summed E-state index contributed by atoms with van der Waals surface area (Å²) in [6.07, 6.45) is 0.707. The summed E-state index contributed by atoms with van der Waals surface area (Å²) in [5.74, 6) is 0.393. The second kappa shape index (κ2) is 5.99. The van der Waals surface area contributed by atoms with Gasteiger partial charge in [-0.2, -0.15) is 0 Å². The number of thiocarbonyl (C=S) groups is 1. The van der Waals surface area contributed by atoms with Gasteiger partial charge < -0.3 is 14.8 Å². The van der Waals surface area contributed by atoms with Crippen molar-refractivity contribution in [2.75, 3.05) is 12.0 Å². The highest BCUT2D eigenvalue weighted by atomic mass is 32.1. The normalized spacial score (nSPS) is 23.6. The predicted molar refractivity (Wildman–Crippen MR) is 104 cm³/mol. The van der Waals surface area contributed by atoms with Gasteiger partial charge >= 0.3 is 5.97 Å². The topological polar surface area (TPSA) is 50.8 Å². The van der Waals surface area contributed by atoms with E-state index in [-0.39, 0.29) is 12.0 Å². The quantitative estimate of drug-likeness (QED) is 0.644. The molecule has 0 aliphatic carbocycles. The number of ether oxygens (including phenoxy) is 2. The van der Waals surface area contributed by atoms with Crippen molar-refractivity contribution >= 4 is 29.0 Å². The lowest BCUT2D eigenvalue weighted by Crippen LogP contribution is -2.65. The smallest absolute Gasteiger partial charge is 0.337 e. The van der Waals surface area contributed by atoms with Crippen LogP contribution in [0.15, 0.2) is 42.5 Å². The molecule has 0 spiro atoms. The first kappa shape index (κ1) is 16.8. The lowest BCUT2D eigenvalue weighted by Gasteiger charge is -2.52. The van der Waals surface area contributed by atoms with Crippen LogP contribution < -0.4 is 15.0 Å². The molecule has 2 bridgehead atoms. The standard InChI is InChI=1S/C20H20N2O3S/c1-12-5-4-6-14(9-12)22-19(26)21-16-11-20(22,2)25-17-8-7-13(10-15(16)17)18(23)24-3/h4-10,16H,11H2,1-3H3,(H,21,26)/t16-,20+/m0/s1. The fraction of sp³-hybridized carbons (Fsp3) is 0.300. The lowest BCUT2D eigenvalue weighted by molar-refractivity contribution is 0.0494. The summed E-state index contributed by atoms with van der Waals surface area (Å²) in [6.45, 7) is 4.10. The van der Waals surface area contributed by atoms with Crippen molar-refractivity contribution < 1.29 is 14.3 Å². The highest BCUT2D eigenvalue weighted by Gasteiger charge is 2.48.